The Balaban J connectivity index is 0.000000628. The average Bonchev–Trinajstić information content (AvgIpc) is 3.56. The summed E-state index contributed by atoms with van der Waals surface area (Å²) >= 11 is -0.636. The predicted molar refractivity (Wildman–Crippen MR) is 139 cm³/mol. The number of hydrogen-bond donors (Lipinski definition) is 0. The standard InChI is InChI=1S/2C11H18NSi.C4H10.Zr/c2*1-13(2,11-7-3-4-8-11)12-9-5-6-10-12;1-3-4-2;/h2*3,7H,4-6,9-10H2,1-2H3;3-4H2,1-2H3;. The SMILES string of the molecule is CCCC.C[Si](C)(C1=[C]([Zr][C]2=C([Si](C)(C)N3CCCC3)C=CC2)CC=C1)N1CCCC1. The van der Waals surface area contributed by atoms with Gasteiger partial charge >= 0.3 is 181 Å². The van der Waals surface area contributed by atoms with Gasteiger partial charge in [-0.3, -0.25) is 0 Å². The number of unbranched alkanes of at least 4 members (excludes halogenated alkanes) is 1. The van der Waals surface area contributed by atoms with Crippen LogP contribution in [0.4, 0.5) is 0 Å². The second-order valence-electron chi connectivity index (χ2n) is 10.6. The molecule has 2 aliphatic carbocycles. The molecule has 0 aromatic rings. The van der Waals surface area contributed by atoms with Gasteiger partial charge in [-0.15, -0.1) is 0 Å². The molecule has 0 unspecified atom stereocenters. The number of hydrogen-bond acceptors (Lipinski definition) is 2. The summed E-state index contributed by atoms with van der Waals surface area (Å²) in [6, 6.07) is 0. The van der Waals surface area contributed by atoms with Crippen molar-refractivity contribution < 1.29 is 23.2 Å². The molecule has 0 spiro atoms. The molecule has 2 saturated heterocycles. The second-order valence-corrected chi connectivity index (χ2v) is 22.8. The molecule has 4 aliphatic rings. The van der Waals surface area contributed by atoms with Crippen LogP contribution in [0, 0.1) is 0 Å². The third-order valence-corrected chi connectivity index (χ3v) is 20.4. The van der Waals surface area contributed by atoms with Crippen LogP contribution in [0.25, 0.3) is 0 Å². The molecule has 0 bridgehead atoms. The Hall–Kier alpha value is 0.197. The Morgan fingerprint density at radius 2 is 1.03 bits per heavy atom. The monoisotopic (exact) mass is 532 g/mol. The van der Waals surface area contributed by atoms with Gasteiger partial charge in [0.25, 0.3) is 0 Å². The van der Waals surface area contributed by atoms with Gasteiger partial charge in [0.15, 0.2) is 0 Å². The fraction of sp³-hybridized carbons (Fsp3) is 0.692. The van der Waals surface area contributed by atoms with Crippen LogP contribution in [0.15, 0.2) is 41.3 Å². The third kappa shape index (κ3) is 6.01. The first kappa shape index (κ1) is 25.8. The fourth-order valence-electron chi connectivity index (χ4n) is 5.47. The topological polar surface area (TPSA) is 6.48 Å². The van der Waals surface area contributed by atoms with Crippen LogP contribution in [0.2, 0.25) is 26.2 Å². The first-order valence-electron chi connectivity index (χ1n) is 12.9. The fourth-order valence-corrected chi connectivity index (χ4v) is 20.1. The average molecular weight is 534 g/mol. The van der Waals surface area contributed by atoms with Gasteiger partial charge in [0.05, 0.1) is 0 Å². The molecule has 0 amide bonds. The molecular weight excluding hydrogens is 488 g/mol. The van der Waals surface area contributed by atoms with Crippen molar-refractivity contribution in [3.63, 3.8) is 0 Å². The van der Waals surface area contributed by atoms with Gasteiger partial charge in [0.1, 0.15) is 0 Å². The Labute approximate surface area is 206 Å². The van der Waals surface area contributed by atoms with E-state index in [1.807, 2.05) is 17.0 Å². The molecule has 0 aromatic heterocycles. The third-order valence-electron chi connectivity index (χ3n) is 7.78. The summed E-state index contributed by atoms with van der Waals surface area (Å²) in [6.45, 7) is 20.2. The van der Waals surface area contributed by atoms with E-state index in [9.17, 15) is 0 Å². The van der Waals surface area contributed by atoms with Crippen LogP contribution in [-0.2, 0) is 23.2 Å². The van der Waals surface area contributed by atoms with Crippen molar-refractivity contribution >= 4 is 16.5 Å². The summed E-state index contributed by atoms with van der Waals surface area (Å²) in [4.78, 5) is 0. The van der Waals surface area contributed by atoms with Crippen molar-refractivity contribution in [2.45, 2.75) is 91.4 Å². The van der Waals surface area contributed by atoms with Crippen molar-refractivity contribution in [3.05, 3.63) is 41.3 Å². The van der Waals surface area contributed by atoms with E-state index in [0.29, 0.717) is 0 Å². The van der Waals surface area contributed by atoms with Crippen LogP contribution in [0.5, 0.6) is 0 Å². The molecule has 0 N–H and O–H groups in total. The summed E-state index contributed by atoms with van der Waals surface area (Å²) in [6.07, 6.45) is 20.9. The van der Waals surface area contributed by atoms with Crippen LogP contribution in [0.3, 0.4) is 0 Å². The van der Waals surface area contributed by atoms with Gasteiger partial charge in [0, 0.05) is 0 Å². The quantitative estimate of drug-likeness (QED) is 0.326. The predicted octanol–water partition coefficient (Wildman–Crippen LogP) is 6.98. The molecule has 2 fully saturated rings. The first-order chi connectivity index (χ1) is 14.8. The van der Waals surface area contributed by atoms with Crippen molar-refractivity contribution in [1.82, 2.24) is 9.13 Å². The van der Waals surface area contributed by atoms with Gasteiger partial charge < -0.3 is 0 Å². The van der Waals surface area contributed by atoms with Crippen molar-refractivity contribution in [1.29, 1.82) is 0 Å². The first-order valence-corrected chi connectivity index (χ1v) is 21.2. The summed E-state index contributed by atoms with van der Waals surface area (Å²) < 4.78 is 9.60. The Morgan fingerprint density at radius 3 is 1.35 bits per heavy atom. The summed E-state index contributed by atoms with van der Waals surface area (Å²) in [5, 5.41) is 3.66. The van der Waals surface area contributed by atoms with Gasteiger partial charge in [-0.2, -0.15) is 0 Å². The Kier molecular flexibility index (Phi) is 9.62. The maximum atomic E-state index is 2.88. The minimum atomic E-state index is -1.44. The molecule has 2 nitrogen and oxygen atoms in total. The minimum absolute atomic E-state index is 0.636. The number of nitrogens with zero attached hydrogens (tertiary/aromatic N) is 2. The molecule has 0 saturated carbocycles. The van der Waals surface area contributed by atoms with Crippen molar-refractivity contribution in [3.8, 4) is 0 Å². The van der Waals surface area contributed by atoms with Crippen molar-refractivity contribution in [2.24, 2.45) is 0 Å². The van der Waals surface area contributed by atoms with Gasteiger partial charge in [0.2, 0.25) is 0 Å². The number of rotatable bonds is 7. The van der Waals surface area contributed by atoms with Crippen molar-refractivity contribution in [2.75, 3.05) is 26.2 Å². The van der Waals surface area contributed by atoms with E-state index in [-0.39, 0.29) is 0 Å². The second kappa shape index (κ2) is 11.6. The number of allylic oxidation sites excluding steroid dienone is 8. The maximum absolute atomic E-state index is 2.88. The normalized spacial score (nSPS) is 22.6. The molecule has 172 valence electrons. The molecule has 5 heteroatoms. The Bertz CT molecular complexity index is 675. The molecule has 2 aliphatic heterocycles. The van der Waals surface area contributed by atoms with Gasteiger partial charge in [-0.1, -0.05) is 26.7 Å². The Morgan fingerprint density at radius 1 is 0.677 bits per heavy atom. The van der Waals surface area contributed by atoms with Crippen LogP contribution >= 0.6 is 0 Å². The zero-order chi connectivity index (χ0) is 22.5. The van der Waals surface area contributed by atoms with E-state index >= 15 is 0 Å². The summed E-state index contributed by atoms with van der Waals surface area (Å²) in [5.74, 6) is 0. The van der Waals surface area contributed by atoms with Crippen LogP contribution in [-0.4, -0.2) is 51.8 Å². The molecule has 4 rings (SSSR count). The molecule has 2 heterocycles. The van der Waals surface area contributed by atoms with Crippen LogP contribution < -0.4 is 0 Å². The van der Waals surface area contributed by atoms with Crippen LogP contribution in [0.1, 0.15) is 65.2 Å². The van der Waals surface area contributed by atoms with E-state index in [1.165, 1.54) is 77.5 Å². The van der Waals surface area contributed by atoms with Gasteiger partial charge in [-0.25, -0.2) is 0 Å². The summed E-state index contributed by atoms with van der Waals surface area (Å²) in [7, 11) is -2.88. The van der Waals surface area contributed by atoms with E-state index < -0.39 is 39.7 Å². The van der Waals surface area contributed by atoms with E-state index in [4.69, 9.17) is 0 Å². The van der Waals surface area contributed by atoms with E-state index in [1.54, 1.807) is 0 Å². The van der Waals surface area contributed by atoms with E-state index in [2.05, 4.69) is 73.5 Å². The van der Waals surface area contributed by atoms with E-state index in [0.717, 1.165) is 0 Å². The van der Waals surface area contributed by atoms with Gasteiger partial charge in [-0.05, 0) is 0 Å². The zero-order valence-corrected chi connectivity index (χ0v) is 25.6. The molecule has 0 atom stereocenters. The molecular formula is C26H46N2Si2Zr. The molecule has 31 heavy (non-hydrogen) atoms. The summed E-state index contributed by atoms with van der Waals surface area (Å²) in [5.41, 5.74) is 0. The molecule has 0 aromatic carbocycles. The molecule has 0 radical (unpaired) electrons. The zero-order valence-electron chi connectivity index (χ0n) is 21.2.